The Morgan fingerprint density at radius 3 is 3.15 bits per heavy atom. The summed E-state index contributed by atoms with van der Waals surface area (Å²) in [4.78, 5) is 11.9. The highest BCUT2D eigenvalue weighted by molar-refractivity contribution is 5.92. The number of allylic oxidation sites excluding steroid dienone is 1. The van der Waals surface area contributed by atoms with E-state index < -0.39 is 5.79 Å². The minimum Gasteiger partial charge on any atom is -0.347 e. The van der Waals surface area contributed by atoms with Crippen LogP contribution in [0.5, 0.6) is 0 Å². The first-order valence-electron chi connectivity index (χ1n) is 4.69. The number of rotatable bonds is 1. The molecule has 3 aliphatic carbocycles. The molecular weight excluding hydrogens is 168 g/mol. The molecule has 0 unspecified atom stereocenters. The smallest absolute Gasteiger partial charge is 0.236 e. The molecule has 13 heavy (non-hydrogen) atoms. The van der Waals surface area contributed by atoms with Crippen molar-refractivity contribution in [2.45, 2.75) is 12.2 Å². The number of ketones is 1. The SMILES string of the molecule is CO[C@@]12OC[C@H]3C[C@H](C=C[C@H]31)C2=O. The Kier molecular flexibility index (Phi) is 1.32. The summed E-state index contributed by atoms with van der Waals surface area (Å²) in [5.41, 5.74) is 0. The van der Waals surface area contributed by atoms with Crippen molar-refractivity contribution in [3.8, 4) is 0 Å². The van der Waals surface area contributed by atoms with Crippen molar-refractivity contribution >= 4 is 5.78 Å². The highest BCUT2D eigenvalue weighted by Crippen LogP contribution is 2.51. The van der Waals surface area contributed by atoms with Crippen LogP contribution in [0.3, 0.4) is 0 Å². The van der Waals surface area contributed by atoms with E-state index in [9.17, 15) is 4.79 Å². The summed E-state index contributed by atoms with van der Waals surface area (Å²) >= 11 is 0. The van der Waals surface area contributed by atoms with Gasteiger partial charge in [0.1, 0.15) is 0 Å². The van der Waals surface area contributed by atoms with Gasteiger partial charge in [-0.2, -0.15) is 0 Å². The van der Waals surface area contributed by atoms with Gasteiger partial charge in [0, 0.05) is 18.9 Å². The maximum absolute atomic E-state index is 11.9. The second-order valence-corrected chi connectivity index (χ2v) is 4.06. The molecular formula is C10H12O3. The van der Waals surface area contributed by atoms with Gasteiger partial charge in [0.15, 0.2) is 5.78 Å². The normalized spacial score (nSPS) is 51.8. The molecule has 0 aromatic rings. The van der Waals surface area contributed by atoms with Gasteiger partial charge < -0.3 is 9.47 Å². The van der Waals surface area contributed by atoms with E-state index in [0.717, 1.165) is 6.42 Å². The number of hydrogen-bond acceptors (Lipinski definition) is 3. The van der Waals surface area contributed by atoms with E-state index in [4.69, 9.17) is 9.47 Å². The van der Waals surface area contributed by atoms with E-state index in [1.807, 2.05) is 6.08 Å². The van der Waals surface area contributed by atoms with Crippen LogP contribution in [0.4, 0.5) is 0 Å². The highest BCUT2D eigenvalue weighted by Gasteiger charge is 2.62. The Balaban J connectivity index is 2.14. The summed E-state index contributed by atoms with van der Waals surface area (Å²) in [5, 5.41) is 0. The van der Waals surface area contributed by atoms with E-state index in [2.05, 4.69) is 6.08 Å². The zero-order valence-electron chi connectivity index (χ0n) is 7.53. The molecule has 0 aromatic heterocycles. The zero-order valence-corrected chi connectivity index (χ0v) is 7.53. The van der Waals surface area contributed by atoms with Crippen LogP contribution in [-0.2, 0) is 14.3 Å². The van der Waals surface area contributed by atoms with Gasteiger partial charge in [-0.15, -0.1) is 0 Å². The summed E-state index contributed by atoms with van der Waals surface area (Å²) in [6.07, 6.45) is 5.05. The number of carbonyl (C=O) groups excluding carboxylic acids is 1. The number of methoxy groups -OCH3 is 1. The van der Waals surface area contributed by atoms with Gasteiger partial charge in [0.2, 0.25) is 5.79 Å². The molecule has 4 atom stereocenters. The Morgan fingerprint density at radius 2 is 2.46 bits per heavy atom. The molecule has 1 heterocycles. The van der Waals surface area contributed by atoms with Crippen LogP contribution in [-0.4, -0.2) is 25.3 Å². The summed E-state index contributed by atoms with van der Waals surface area (Å²) < 4.78 is 10.8. The Bertz CT molecular complexity index is 297. The zero-order chi connectivity index (χ0) is 9.05. The number of ether oxygens (including phenoxy) is 2. The lowest BCUT2D eigenvalue weighted by atomic mass is 9.67. The van der Waals surface area contributed by atoms with Gasteiger partial charge in [0.25, 0.3) is 0 Å². The van der Waals surface area contributed by atoms with E-state index in [1.165, 1.54) is 0 Å². The average molecular weight is 180 g/mol. The molecule has 0 amide bonds. The molecule has 1 aliphatic heterocycles. The van der Waals surface area contributed by atoms with Gasteiger partial charge in [-0.25, -0.2) is 0 Å². The molecule has 0 radical (unpaired) electrons. The lowest BCUT2D eigenvalue weighted by Crippen LogP contribution is -2.54. The van der Waals surface area contributed by atoms with Crippen molar-refractivity contribution in [3.63, 3.8) is 0 Å². The lowest BCUT2D eigenvalue weighted by Gasteiger charge is -2.41. The molecule has 2 fully saturated rings. The predicted molar refractivity (Wildman–Crippen MR) is 44.9 cm³/mol. The number of hydrogen-bond donors (Lipinski definition) is 0. The largest absolute Gasteiger partial charge is 0.347 e. The highest BCUT2D eigenvalue weighted by atomic mass is 16.7. The molecule has 4 aliphatic rings. The van der Waals surface area contributed by atoms with Crippen molar-refractivity contribution in [2.75, 3.05) is 13.7 Å². The number of carbonyl (C=O) groups is 1. The van der Waals surface area contributed by atoms with Gasteiger partial charge in [-0.3, -0.25) is 4.79 Å². The van der Waals surface area contributed by atoms with Crippen LogP contribution in [0.2, 0.25) is 0 Å². The van der Waals surface area contributed by atoms with E-state index in [1.54, 1.807) is 7.11 Å². The summed E-state index contributed by atoms with van der Waals surface area (Å²) in [7, 11) is 1.56. The topological polar surface area (TPSA) is 35.5 Å². The Hall–Kier alpha value is -0.670. The van der Waals surface area contributed by atoms with Crippen molar-refractivity contribution in [1.29, 1.82) is 0 Å². The predicted octanol–water partition coefficient (Wildman–Crippen LogP) is 0.750. The molecule has 1 saturated carbocycles. The van der Waals surface area contributed by atoms with Crippen LogP contribution < -0.4 is 0 Å². The third-order valence-electron chi connectivity index (χ3n) is 3.55. The average Bonchev–Trinajstić information content (AvgIpc) is 2.50. The molecule has 3 heteroatoms. The summed E-state index contributed by atoms with van der Waals surface area (Å²) in [6.45, 7) is 0.672. The van der Waals surface area contributed by atoms with Crippen molar-refractivity contribution in [1.82, 2.24) is 0 Å². The monoisotopic (exact) mass is 180 g/mol. The Labute approximate surface area is 76.7 Å². The van der Waals surface area contributed by atoms with E-state index in [-0.39, 0.29) is 17.6 Å². The Morgan fingerprint density at radius 1 is 1.62 bits per heavy atom. The van der Waals surface area contributed by atoms with Crippen molar-refractivity contribution in [2.24, 2.45) is 17.8 Å². The fourth-order valence-corrected chi connectivity index (χ4v) is 2.88. The standard InChI is InChI=1S/C10H12O3/c1-12-10-8-3-2-6(9(10)11)4-7(8)5-13-10/h2-3,6-8H,4-5H2,1H3/t6-,7+,8+,10+/m0/s1. The minimum absolute atomic E-state index is 0.0393. The maximum Gasteiger partial charge on any atom is 0.236 e. The maximum atomic E-state index is 11.9. The first-order chi connectivity index (χ1) is 6.28. The third-order valence-corrected chi connectivity index (χ3v) is 3.55. The van der Waals surface area contributed by atoms with Crippen LogP contribution >= 0.6 is 0 Å². The van der Waals surface area contributed by atoms with Gasteiger partial charge in [-0.1, -0.05) is 12.2 Å². The quantitative estimate of drug-likeness (QED) is 0.558. The summed E-state index contributed by atoms with van der Waals surface area (Å²) in [6, 6.07) is 0. The molecule has 1 saturated heterocycles. The molecule has 70 valence electrons. The first-order valence-corrected chi connectivity index (χ1v) is 4.69. The van der Waals surface area contributed by atoms with Gasteiger partial charge >= 0.3 is 0 Å². The summed E-state index contributed by atoms with van der Waals surface area (Å²) in [5.74, 6) is -0.0983. The fourth-order valence-electron chi connectivity index (χ4n) is 2.88. The van der Waals surface area contributed by atoms with Crippen LogP contribution in [0.1, 0.15) is 6.42 Å². The second-order valence-electron chi connectivity index (χ2n) is 4.06. The first kappa shape index (κ1) is 7.71. The van der Waals surface area contributed by atoms with Gasteiger partial charge in [-0.05, 0) is 12.3 Å². The van der Waals surface area contributed by atoms with Crippen LogP contribution in [0.15, 0.2) is 12.2 Å². The molecule has 0 aromatic carbocycles. The third kappa shape index (κ3) is 0.708. The molecule has 4 rings (SSSR count). The van der Waals surface area contributed by atoms with Crippen LogP contribution in [0.25, 0.3) is 0 Å². The molecule has 0 spiro atoms. The van der Waals surface area contributed by atoms with Gasteiger partial charge in [0.05, 0.1) is 6.61 Å². The fraction of sp³-hybridized carbons (Fsp3) is 0.700. The molecule has 4 bridgehead atoms. The van der Waals surface area contributed by atoms with E-state index in [0.29, 0.717) is 12.5 Å². The number of Topliss-reactive ketones (excluding diaryl/α,β-unsaturated/α-hetero) is 1. The minimum atomic E-state index is -0.914. The van der Waals surface area contributed by atoms with E-state index >= 15 is 0 Å². The van der Waals surface area contributed by atoms with Crippen LogP contribution in [0, 0.1) is 17.8 Å². The molecule has 3 nitrogen and oxygen atoms in total. The second kappa shape index (κ2) is 2.22. The lowest BCUT2D eigenvalue weighted by molar-refractivity contribution is -0.214. The van der Waals surface area contributed by atoms with Crippen molar-refractivity contribution in [3.05, 3.63) is 12.2 Å². The molecule has 0 N–H and O–H groups in total. The van der Waals surface area contributed by atoms with Crippen molar-refractivity contribution < 1.29 is 14.3 Å².